The Kier molecular flexibility index (Phi) is 4.15. The van der Waals surface area contributed by atoms with Gasteiger partial charge in [0.25, 0.3) is 0 Å². The first kappa shape index (κ1) is 13.4. The van der Waals surface area contributed by atoms with E-state index in [4.69, 9.17) is 10.5 Å². The maximum absolute atomic E-state index is 5.77. The maximum Gasteiger partial charge on any atom is 0.232 e. The van der Waals surface area contributed by atoms with Gasteiger partial charge in [-0.05, 0) is 12.3 Å². The molecule has 7 nitrogen and oxygen atoms in total. The summed E-state index contributed by atoms with van der Waals surface area (Å²) in [5.41, 5.74) is 5.77. The van der Waals surface area contributed by atoms with E-state index in [9.17, 15) is 0 Å². The van der Waals surface area contributed by atoms with E-state index >= 15 is 0 Å². The van der Waals surface area contributed by atoms with E-state index in [1.807, 2.05) is 0 Å². The number of morpholine rings is 1. The minimum atomic E-state index is 0.271. The molecule has 1 aliphatic carbocycles. The van der Waals surface area contributed by atoms with Crippen molar-refractivity contribution in [2.24, 2.45) is 5.92 Å². The van der Waals surface area contributed by atoms with Gasteiger partial charge in [0, 0.05) is 19.6 Å². The zero-order valence-corrected chi connectivity index (χ0v) is 11.7. The van der Waals surface area contributed by atoms with Crippen LogP contribution in [0.3, 0.4) is 0 Å². The molecule has 20 heavy (non-hydrogen) atoms. The van der Waals surface area contributed by atoms with Crippen molar-refractivity contribution in [2.75, 3.05) is 48.8 Å². The van der Waals surface area contributed by atoms with Crippen LogP contribution in [0.4, 0.5) is 17.8 Å². The highest BCUT2D eigenvalue weighted by Gasteiger charge is 2.18. The first-order valence-electron chi connectivity index (χ1n) is 7.39. The molecule has 0 aromatic carbocycles. The molecule has 1 aliphatic heterocycles. The normalized spacial score (nSPS) is 19.7. The molecule has 3 rings (SSSR count). The molecule has 1 aromatic heterocycles. The van der Waals surface area contributed by atoms with E-state index in [0.29, 0.717) is 25.1 Å². The molecule has 0 atom stereocenters. The molecule has 0 radical (unpaired) electrons. The van der Waals surface area contributed by atoms with E-state index < -0.39 is 0 Å². The van der Waals surface area contributed by atoms with E-state index in [0.717, 1.165) is 25.6 Å². The minimum absolute atomic E-state index is 0.271. The summed E-state index contributed by atoms with van der Waals surface area (Å²) in [5.74, 6) is 2.37. The predicted molar refractivity (Wildman–Crippen MR) is 77.7 cm³/mol. The summed E-state index contributed by atoms with van der Waals surface area (Å²) < 4.78 is 5.33. The molecule has 0 spiro atoms. The van der Waals surface area contributed by atoms with Crippen LogP contribution in [0.2, 0.25) is 0 Å². The third-order valence-electron chi connectivity index (χ3n) is 4.00. The van der Waals surface area contributed by atoms with Gasteiger partial charge in [0.2, 0.25) is 17.8 Å². The van der Waals surface area contributed by atoms with Crippen LogP contribution < -0.4 is 16.0 Å². The van der Waals surface area contributed by atoms with Crippen molar-refractivity contribution in [3.05, 3.63) is 0 Å². The molecule has 0 unspecified atom stereocenters. The highest BCUT2D eigenvalue weighted by molar-refractivity contribution is 5.42. The number of hydrogen-bond acceptors (Lipinski definition) is 7. The second-order valence-electron chi connectivity index (χ2n) is 5.43. The molecule has 2 fully saturated rings. The molecular formula is C13H22N6O. The molecule has 1 aromatic rings. The molecule has 1 saturated carbocycles. The summed E-state index contributed by atoms with van der Waals surface area (Å²) in [7, 11) is 0. The van der Waals surface area contributed by atoms with Crippen molar-refractivity contribution >= 4 is 17.8 Å². The quantitative estimate of drug-likeness (QED) is 0.826. The standard InChI is InChI=1S/C13H22N6O/c14-11-16-12(15-5-4-10-2-1-3-10)18-13(17-11)19-6-8-20-9-7-19/h10H,1-9H2,(H3,14,15,16,17,18). The van der Waals surface area contributed by atoms with Crippen LogP contribution >= 0.6 is 0 Å². The number of ether oxygens (including phenoxy) is 1. The first-order chi connectivity index (χ1) is 9.81. The Bertz CT molecular complexity index is 444. The molecule has 2 aliphatic rings. The number of nitrogens with two attached hydrogens (primary N) is 1. The largest absolute Gasteiger partial charge is 0.378 e. The summed E-state index contributed by atoms with van der Waals surface area (Å²) >= 11 is 0. The van der Waals surface area contributed by atoms with Gasteiger partial charge in [0.05, 0.1) is 13.2 Å². The van der Waals surface area contributed by atoms with Crippen LogP contribution in [-0.4, -0.2) is 47.8 Å². The number of anilines is 3. The lowest BCUT2D eigenvalue weighted by molar-refractivity contribution is 0.122. The summed E-state index contributed by atoms with van der Waals surface area (Å²) in [5, 5.41) is 3.26. The second kappa shape index (κ2) is 6.21. The first-order valence-corrected chi connectivity index (χ1v) is 7.39. The number of nitrogens with one attached hydrogen (secondary N) is 1. The Morgan fingerprint density at radius 1 is 1.20 bits per heavy atom. The van der Waals surface area contributed by atoms with Gasteiger partial charge in [0.15, 0.2) is 0 Å². The van der Waals surface area contributed by atoms with Crippen molar-refractivity contribution in [3.8, 4) is 0 Å². The van der Waals surface area contributed by atoms with E-state index in [1.54, 1.807) is 0 Å². The fraction of sp³-hybridized carbons (Fsp3) is 0.769. The van der Waals surface area contributed by atoms with E-state index in [2.05, 4.69) is 25.2 Å². The Hall–Kier alpha value is -1.63. The smallest absolute Gasteiger partial charge is 0.232 e. The fourth-order valence-electron chi connectivity index (χ4n) is 2.53. The lowest BCUT2D eigenvalue weighted by Crippen LogP contribution is -2.37. The third kappa shape index (κ3) is 3.27. The maximum atomic E-state index is 5.77. The van der Waals surface area contributed by atoms with Gasteiger partial charge in [0.1, 0.15) is 0 Å². The highest BCUT2D eigenvalue weighted by atomic mass is 16.5. The van der Waals surface area contributed by atoms with Crippen molar-refractivity contribution in [1.29, 1.82) is 0 Å². The minimum Gasteiger partial charge on any atom is -0.378 e. The predicted octanol–water partition coefficient (Wildman–Crippen LogP) is 0.892. The van der Waals surface area contributed by atoms with Crippen LogP contribution in [-0.2, 0) is 4.74 Å². The van der Waals surface area contributed by atoms with Gasteiger partial charge in [-0.1, -0.05) is 19.3 Å². The van der Waals surface area contributed by atoms with Crippen LogP contribution in [0.1, 0.15) is 25.7 Å². The van der Waals surface area contributed by atoms with Gasteiger partial charge in [-0.25, -0.2) is 0 Å². The Balaban J connectivity index is 1.59. The molecular weight excluding hydrogens is 256 g/mol. The molecule has 0 bridgehead atoms. The number of hydrogen-bond donors (Lipinski definition) is 2. The van der Waals surface area contributed by atoms with Crippen molar-refractivity contribution in [1.82, 2.24) is 15.0 Å². The molecule has 2 heterocycles. The van der Waals surface area contributed by atoms with Crippen molar-refractivity contribution in [2.45, 2.75) is 25.7 Å². The summed E-state index contributed by atoms with van der Waals surface area (Å²) in [4.78, 5) is 14.9. The number of aromatic nitrogens is 3. The van der Waals surface area contributed by atoms with Crippen LogP contribution in [0.15, 0.2) is 0 Å². The summed E-state index contributed by atoms with van der Waals surface area (Å²) in [6.45, 7) is 3.90. The average molecular weight is 278 g/mol. The number of nitrogens with zero attached hydrogens (tertiary/aromatic N) is 4. The Morgan fingerprint density at radius 2 is 2.00 bits per heavy atom. The van der Waals surface area contributed by atoms with E-state index in [-0.39, 0.29) is 5.95 Å². The molecule has 110 valence electrons. The topological polar surface area (TPSA) is 89.2 Å². The highest BCUT2D eigenvalue weighted by Crippen LogP contribution is 2.29. The van der Waals surface area contributed by atoms with Gasteiger partial charge >= 0.3 is 0 Å². The average Bonchev–Trinajstić information content (AvgIpc) is 2.42. The number of rotatable bonds is 5. The lowest BCUT2D eigenvalue weighted by Gasteiger charge is -2.27. The second-order valence-corrected chi connectivity index (χ2v) is 5.43. The van der Waals surface area contributed by atoms with Crippen molar-refractivity contribution in [3.63, 3.8) is 0 Å². The van der Waals surface area contributed by atoms with Crippen LogP contribution in [0.25, 0.3) is 0 Å². The van der Waals surface area contributed by atoms with Gasteiger partial charge in [-0.3, -0.25) is 0 Å². The summed E-state index contributed by atoms with van der Waals surface area (Å²) in [6, 6.07) is 0. The van der Waals surface area contributed by atoms with Gasteiger partial charge in [-0.15, -0.1) is 0 Å². The van der Waals surface area contributed by atoms with Crippen LogP contribution in [0.5, 0.6) is 0 Å². The van der Waals surface area contributed by atoms with Gasteiger partial charge in [-0.2, -0.15) is 15.0 Å². The van der Waals surface area contributed by atoms with E-state index in [1.165, 1.54) is 25.7 Å². The molecule has 0 amide bonds. The molecule has 7 heteroatoms. The third-order valence-corrected chi connectivity index (χ3v) is 4.00. The zero-order chi connectivity index (χ0) is 13.8. The monoisotopic (exact) mass is 278 g/mol. The Morgan fingerprint density at radius 3 is 2.70 bits per heavy atom. The van der Waals surface area contributed by atoms with Gasteiger partial charge < -0.3 is 20.7 Å². The van der Waals surface area contributed by atoms with Crippen LogP contribution in [0, 0.1) is 5.92 Å². The molecule has 3 N–H and O–H groups in total. The summed E-state index contributed by atoms with van der Waals surface area (Å²) in [6.07, 6.45) is 5.28. The lowest BCUT2D eigenvalue weighted by atomic mass is 9.83. The zero-order valence-electron chi connectivity index (χ0n) is 11.7. The Labute approximate surface area is 118 Å². The fourth-order valence-corrected chi connectivity index (χ4v) is 2.53. The molecule has 1 saturated heterocycles. The van der Waals surface area contributed by atoms with Crippen molar-refractivity contribution < 1.29 is 4.74 Å². The number of nitrogen functional groups attached to an aromatic ring is 1. The SMILES string of the molecule is Nc1nc(NCCC2CCC2)nc(N2CCOCC2)n1.